The Balaban J connectivity index is 1.95. The van der Waals surface area contributed by atoms with E-state index in [2.05, 4.69) is 16.4 Å². The second-order valence-electron chi connectivity index (χ2n) is 4.26. The minimum Gasteiger partial charge on any atom is -0.375 e. The molecule has 2 aromatic rings. The van der Waals surface area contributed by atoms with Gasteiger partial charge in [0, 0.05) is 23.1 Å². The predicted molar refractivity (Wildman–Crippen MR) is 69.3 cm³/mol. The standard InChI is InChI=1S/C13H12N2OS/c1-8(16)12-5-10-4-9(2-3-11(10)15-12)13-6-17-7-14-13/h2-4,6-7,12,15H,5H2,1H3. The molecule has 0 bridgehead atoms. The van der Waals surface area contributed by atoms with Crippen LogP contribution in [0.5, 0.6) is 0 Å². The van der Waals surface area contributed by atoms with E-state index in [0.29, 0.717) is 0 Å². The van der Waals surface area contributed by atoms with Crippen LogP contribution in [-0.4, -0.2) is 16.8 Å². The fraction of sp³-hybridized carbons (Fsp3) is 0.231. The van der Waals surface area contributed by atoms with Gasteiger partial charge in [0.25, 0.3) is 0 Å². The van der Waals surface area contributed by atoms with Crippen molar-refractivity contribution in [2.45, 2.75) is 19.4 Å². The molecule has 17 heavy (non-hydrogen) atoms. The number of rotatable bonds is 2. The van der Waals surface area contributed by atoms with Gasteiger partial charge in [-0.2, -0.15) is 0 Å². The van der Waals surface area contributed by atoms with Crippen LogP contribution in [0.1, 0.15) is 12.5 Å². The zero-order chi connectivity index (χ0) is 11.8. The van der Waals surface area contributed by atoms with Gasteiger partial charge < -0.3 is 5.32 Å². The van der Waals surface area contributed by atoms with Crippen molar-refractivity contribution < 1.29 is 4.79 Å². The molecule has 0 spiro atoms. The lowest BCUT2D eigenvalue weighted by Crippen LogP contribution is -2.23. The Morgan fingerprint density at radius 2 is 2.41 bits per heavy atom. The van der Waals surface area contributed by atoms with Gasteiger partial charge in [-0.25, -0.2) is 4.98 Å². The molecular weight excluding hydrogens is 232 g/mol. The first kappa shape index (κ1) is 10.5. The van der Waals surface area contributed by atoms with Crippen molar-refractivity contribution in [3.63, 3.8) is 0 Å². The first-order valence-electron chi connectivity index (χ1n) is 5.52. The molecule has 1 aliphatic heterocycles. The minimum atomic E-state index is -0.0596. The molecule has 2 heterocycles. The Kier molecular flexibility index (Phi) is 2.44. The van der Waals surface area contributed by atoms with Crippen LogP contribution in [0.4, 0.5) is 5.69 Å². The largest absolute Gasteiger partial charge is 0.375 e. The van der Waals surface area contributed by atoms with Gasteiger partial charge in [-0.05, 0) is 24.6 Å². The van der Waals surface area contributed by atoms with Crippen LogP contribution < -0.4 is 5.32 Å². The summed E-state index contributed by atoms with van der Waals surface area (Å²) in [6.07, 6.45) is 0.780. The molecule has 86 valence electrons. The van der Waals surface area contributed by atoms with Crippen molar-refractivity contribution in [2.24, 2.45) is 0 Å². The predicted octanol–water partition coefficient (Wildman–Crippen LogP) is 2.74. The van der Waals surface area contributed by atoms with Crippen LogP contribution in [0.25, 0.3) is 11.3 Å². The number of nitrogens with zero attached hydrogens (tertiary/aromatic N) is 1. The fourth-order valence-corrected chi connectivity index (χ4v) is 2.68. The Morgan fingerprint density at radius 1 is 1.53 bits per heavy atom. The van der Waals surface area contributed by atoms with Crippen molar-refractivity contribution in [3.05, 3.63) is 34.7 Å². The number of thiazole rings is 1. The second-order valence-corrected chi connectivity index (χ2v) is 4.98. The molecule has 0 fully saturated rings. The van der Waals surface area contributed by atoms with Gasteiger partial charge in [-0.15, -0.1) is 11.3 Å². The number of fused-ring (bicyclic) bond motifs is 1. The maximum Gasteiger partial charge on any atom is 0.152 e. The number of benzene rings is 1. The van der Waals surface area contributed by atoms with Crippen molar-refractivity contribution in [1.82, 2.24) is 4.98 Å². The molecular formula is C13H12N2OS. The van der Waals surface area contributed by atoms with Crippen molar-refractivity contribution in [2.75, 3.05) is 5.32 Å². The number of nitrogens with one attached hydrogen (secondary N) is 1. The molecule has 4 heteroatoms. The first-order valence-corrected chi connectivity index (χ1v) is 6.47. The average molecular weight is 244 g/mol. The summed E-state index contributed by atoms with van der Waals surface area (Å²) in [4.78, 5) is 15.7. The van der Waals surface area contributed by atoms with E-state index < -0.39 is 0 Å². The molecule has 3 nitrogen and oxygen atoms in total. The molecule has 3 rings (SSSR count). The second kappa shape index (κ2) is 3.96. The highest BCUT2D eigenvalue weighted by molar-refractivity contribution is 7.07. The summed E-state index contributed by atoms with van der Waals surface area (Å²) in [5.74, 6) is 0.191. The number of Topliss-reactive ketones (excluding diaryl/α,β-unsaturated/α-hetero) is 1. The molecule has 0 saturated heterocycles. The third-order valence-electron chi connectivity index (χ3n) is 3.08. The van der Waals surface area contributed by atoms with E-state index in [-0.39, 0.29) is 11.8 Å². The van der Waals surface area contributed by atoms with E-state index in [1.165, 1.54) is 5.56 Å². The number of carbonyl (C=O) groups excluding carboxylic acids is 1. The summed E-state index contributed by atoms with van der Waals surface area (Å²) in [5, 5.41) is 5.27. The van der Waals surface area contributed by atoms with Crippen LogP contribution in [-0.2, 0) is 11.2 Å². The number of carbonyl (C=O) groups is 1. The highest BCUT2D eigenvalue weighted by Gasteiger charge is 2.24. The summed E-state index contributed by atoms with van der Waals surface area (Å²) in [6, 6.07) is 6.15. The lowest BCUT2D eigenvalue weighted by molar-refractivity contribution is -0.117. The Labute approximate surface area is 104 Å². The smallest absolute Gasteiger partial charge is 0.152 e. The summed E-state index contributed by atoms with van der Waals surface area (Å²) in [5.41, 5.74) is 6.24. The van der Waals surface area contributed by atoms with Crippen LogP contribution in [0.15, 0.2) is 29.1 Å². The van der Waals surface area contributed by atoms with Gasteiger partial charge in [0.15, 0.2) is 5.78 Å². The maximum absolute atomic E-state index is 11.4. The normalized spacial score (nSPS) is 17.6. The van der Waals surface area contributed by atoms with Gasteiger partial charge in [0.05, 0.1) is 17.2 Å². The van der Waals surface area contributed by atoms with Crippen LogP contribution in [0.2, 0.25) is 0 Å². The zero-order valence-electron chi connectivity index (χ0n) is 9.43. The van der Waals surface area contributed by atoms with Gasteiger partial charge >= 0.3 is 0 Å². The van der Waals surface area contributed by atoms with Gasteiger partial charge in [-0.1, -0.05) is 6.07 Å². The van der Waals surface area contributed by atoms with Crippen molar-refractivity contribution in [1.29, 1.82) is 0 Å². The lowest BCUT2D eigenvalue weighted by atomic mass is 10.0. The average Bonchev–Trinajstić information content (AvgIpc) is 2.97. The van der Waals surface area contributed by atoms with Crippen molar-refractivity contribution >= 4 is 22.8 Å². The molecule has 1 atom stereocenters. The number of hydrogen-bond acceptors (Lipinski definition) is 4. The van der Waals surface area contributed by atoms with Gasteiger partial charge in [0.1, 0.15) is 0 Å². The summed E-state index contributed by atoms with van der Waals surface area (Å²) in [6.45, 7) is 1.63. The maximum atomic E-state index is 11.4. The molecule has 0 saturated carbocycles. The van der Waals surface area contributed by atoms with Crippen molar-refractivity contribution in [3.8, 4) is 11.3 Å². The minimum absolute atomic E-state index is 0.0596. The molecule has 1 aromatic carbocycles. The SMILES string of the molecule is CC(=O)C1Cc2cc(-c3cscn3)ccc2N1. The molecule has 1 unspecified atom stereocenters. The monoisotopic (exact) mass is 244 g/mol. The van der Waals surface area contributed by atoms with Crippen LogP contribution >= 0.6 is 11.3 Å². The van der Waals surface area contributed by atoms with Gasteiger partial charge in [0.2, 0.25) is 0 Å². The quantitative estimate of drug-likeness (QED) is 0.883. The van der Waals surface area contributed by atoms with E-state index in [9.17, 15) is 4.79 Å². The van der Waals surface area contributed by atoms with Crippen LogP contribution in [0.3, 0.4) is 0 Å². The van der Waals surface area contributed by atoms with Gasteiger partial charge in [-0.3, -0.25) is 4.79 Å². The molecule has 1 aliphatic rings. The number of ketones is 1. The van der Waals surface area contributed by atoms with Crippen LogP contribution in [0, 0.1) is 0 Å². The summed E-state index contributed by atoms with van der Waals surface area (Å²) >= 11 is 1.59. The highest BCUT2D eigenvalue weighted by atomic mass is 32.1. The summed E-state index contributed by atoms with van der Waals surface area (Å²) < 4.78 is 0. The van der Waals surface area contributed by atoms with E-state index in [1.807, 2.05) is 23.0 Å². The number of hydrogen-bond donors (Lipinski definition) is 1. The van der Waals surface area contributed by atoms with E-state index in [0.717, 1.165) is 23.4 Å². The Hall–Kier alpha value is -1.68. The highest BCUT2D eigenvalue weighted by Crippen LogP contribution is 2.30. The van der Waals surface area contributed by atoms with E-state index >= 15 is 0 Å². The molecule has 1 N–H and O–H groups in total. The molecule has 0 aliphatic carbocycles. The molecule has 1 aromatic heterocycles. The Bertz CT molecular complexity index is 563. The topological polar surface area (TPSA) is 42.0 Å². The lowest BCUT2D eigenvalue weighted by Gasteiger charge is -2.05. The summed E-state index contributed by atoms with van der Waals surface area (Å²) in [7, 11) is 0. The molecule has 0 amide bonds. The molecule has 0 radical (unpaired) electrons. The third-order valence-corrected chi connectivity index (χ3v) is 3.66. The Morgan fingerprint density at radius 3 is 3.12 bits per heavy atom. The third kappa shape index (κ3) is 1.85. The van der Waals surface area contributed by atoms with E-state index in [4.69, 9.17) is 0 Å². The zero-order valence-corrected chi connectivity index (χ0v) is 10.3. The van der Waals surface area contributed by atoms with E-state index in [1.54, 1.807) is 18.3 Å². The number of anilines is 1. The first-order chi connectivity index (χ1) is 8.24. The fourth-order valence-electron chi connectivity index (χ4n) is 2.12. The number of aromatic nitrogens is 1.